The van der Waals surface area contributed by atoms with Crippen molar-refractivity contribution in [2.45, 2.75) is 32.9 Å². The molecule has 0 saturated heterocycles. The van der Waals surface area contributed by atoms with Gasteiger partial charge in [0.05, 0.1) is 11.4 Å². The fourth-order valence-electron chi connectivity index (χ4n) is 3.78. The molecule has 1 aliphatic carbocycles. The second-order valence-electron chi connectivity index (χ2n) is 7.82. The van der Waals surface area contributed by atoms with Gasteiger partial charge in [0.25, 0.3) is 0 Å². The number of ketones is 1. The summed E-state index contributed by atoms with van der Waals surface area (Å²) in [6, 6.07) is 5.53. The summed E-state index contributed by atoms with van der Waals surface area (Å²) in [6.07, 6.45) is 6.54. The van der Waals surface area contributed by atoms with E-state index in [2.05, 4.69) is 20.3 Å². The molecule has 1 N–H and O–H groups in total. The van der Waals surface area contributed by atoms with Crippen LogP contribution in [0.4, 0.5) is 10.2 Å². The summed E-state index contributed by atoms with van der Waals surface area (Å²) in [5.74, 6) is -0.546. The summed E-state index contributed by atoms with van der Waals surface area (Å²) in [5.41, 5.74) is 4.68. The predicted octanol–water partition coefficient (Wildman–Crippen LogP) is 4.14. The third-order valence-electron chi connectivity index (χ3n) is 5.66. The minimum absolute atomic E-state index is 0.00294. The molecule has 4 aromatic rings. The van der Waals surface area contributed by atoms with E-state index in [1.807, 2.05) is 30.5 Å². The van der Waals surface area contributed by atoms with Crippen LogP contribution in [0.2, 0.25) is 0 Å². The molecule has 1 amide bonds. The van der Waals surface area contributed by atoms with Crippen molar-refractivity contribution in [1.82, 2.24) is 19.4 Å². The number of alkyl halides is 1. The van der Waals surface area contributed by atoms with Gasteiger partial charge in [0.2, 0.25) is 5.91 Å². The third-order valence-corrected chi connectivity index (χ3v) is 5.66. The fourth-order valence-corrected chi connectivity index (χ4v) is 3.78. The van der Waals surface area contributed by atoms with E-state index in [0.29, 0.717) is 17.9 Å². The molecule has 156 valence electrons. The molecular formula is C23H20FN5O2. The Morgan fingerprint density at radius 1 is 1.16 bits per heavy atom. The molecule has 1 aliphatic rings. The number of anilines is 1. The zero-order chi connectivity index (χ0) is 21.7. The van der Waals surface area contributed by atoms with Crippen LogP contribution in [0.5, 0.6) is 0 Å². The molecule has 5 rings (SSSR count). The van der Waals surface area contributed by atoms with Crippen molar-refractivity contribution < 1.29 is 14.0 Å². The van der Waals surface area contributed by atoms with Crippen molar-refractivity contribution in [1.29, 1.82) is 0 Å². The van der Waals surface area contributed by atoms with Crippen LogP contribution in [0.1, 0.15) is 35.8 Å². The van der Waals surface area contributed by atoms with Crippen molar-refractivity contribution in [3.8, 4) is 11.1 Å². The van der Waals surface area contributed by atoms with Crippen LogP contribution >= 0.6 is 0 Å². The average Bonchev–Trinajstić information content (AvgIpc) is 3.30. The third kappa shape index (κ3) is 3.34. The van der Waals surface area contributed by atoms with Gasteiger partial charge in [-0.15, -0.1) is 0 Å². The number of aryl methyl sites for hydroxylation is 1. The van der Waals surface area contributed by atoms with E-state index in [9.17, 15) is 14.0 Å². The molecule has 2 atom stereocenters. The van der Waals surface area contributed by atoms with E-state index in [1.165, 1.54) is 0 Å². The lowest BCUT2D eigenvalue weighted by Gasteiger charge is -2.12. The molecule has 31 heavy (non-hydrogen) atoms. The minimum atomic E-state index is -1.06. The SMILES string of the molecule is CCC(=O)c1cc(C)c(-c2cc3cnc(NC(=O)[C@@H]4C[C@@H]4F)cc3n3ccnc23)cn1. The van der Waals surface area contributed by atoms with Gasteiger partial charge < -0.3 is 5.32 Å². The van der Waals surface area contributed by atoms with Gasteiger partial charge in [-0.1, -0.05) is 6.92 Å². The van der Waals surface area contributed by atoms with E-state index in [0.717, 1.165) is 33.2 Å². The number of carbonyl (C=O) groups excluding carboxylic acids is 2. The number of rotatable bonds is 5. The summed E-state index contributed by atoms with van der Waals surface area (Å²) < 4.78 is 15.1. The number of aromatic nitrogens is 4. The topological polar surface area (TPSA) is 89.2 Å². The number of amides is 1. The number of nitrogens with one attached hydrogen (secondary N) is 1. The van der Waals surface area contributed by atoms with Crippen LogP contribution in [0, 0.1) is 12.8 Å². The maximum atomic E-state index is 13.2. The summed E-state index contributed by atoms with van der Waals surface area (Å²) in [4.78, 5) is 37.3. The lowest BCUT2D eigenvalue weighted by molar-refractivity contribution is -0.117. The zero-order valence-corrected chi connectivity index (χ0v) is 17.1. The minimum Gasteiger partial charge on any atom is -0.310 e. The number of pyridine rings is 3. The fraction of sp³-hybridized carbons (Fsp3) is 0.261. The monoisotopic (exact) mass is 417 g/mol. The summed E-state index contributed by atoms with van der Waals surface area (Å²) in [6.45, 7) is 3.76. The molecule has 1 saturated carbocycles. The predicted molar refractivity (Wildman–Crippen MR) is 115 cm³/mol. The van der Waals surface area contributed by atoms with Crippen molar-refractivity contribution in [3.05, 3.63) is 54.2 Å². The highest BCUT2D eigenvalue weighted by Crippen LogP contribution is 2.35. The lowest BCUT2D eigenvalue weighted by atomic mass is 10.0. The highest BCUT2D eigenvalue weighted by molar-refractivity contribution is 5.98. The van der Waals surface area contributed by atoms with Gasteiger partial charge in [-0.3, -0.25) is 19.0 Å². The Hall–Kier alpha value is -3.68. The maximum Gasteiger partial charge on any atom is 0.231 e. The molecule has 4 aromatic heterocycles. The van der Waals surface area contributed by atoms with E-state index in [4.69, 9.17) is 0 Å². The first-order valence-corrected chi connectivity index (χ1v) is 10.2. The smallest absolute Gasteiger partial charge is 0.231 e. The van der Waals surface area contributed by atoms with Gasteiger partial charge in [0, 0.05) is 53.8 Å². The Balaban J connectivity index is 1.59. The molecule has 4 heterocycles. The van der Waals surface area contributed by atoms with Gasteiger partial charge in [-0.25, -0.2) is 14.4 Å². The van der Waals surface area contributed by atoms with Gasteiger partial charge in [-0.05, 0) is 31.0 Å². The molecule has 0 aliphatic heterocycles. The van der Waals surface area contributed by atoms with Crippen LogP contribution in [0.3, 0.4) is 0 Å². The van der Waals surface area contributed by atoms with E-state index in [-0.39, 0.29) is 18.1 Å². The Morgan fingerprint density at radius 2 is 1.97 bits per heavy atom. The molecular weight excluding hydrogens is 397 g/mol. The number of imidazole rings is 1. The molecule has 0 bridgehead atoms. The van der Waals surface area contributed by atoms with Gasteiger partial charge in [0.15, 0.2) is 5.78 Å². The quantitative estimate of drug-likeness (QED) is 0.493. The van der Waals surface area contributed by atoms with Crippen molar-refractivity contribution in [3.63, 3.8) is 0 Å². The number of halogens is 1. The molecule has 0 radical (unpaired) electrons. The van der Waals surface area contributed by atoms with Crippen LogP contribution in [-0.2, 0) is 4.79 Å². The van der Waals surface area contributed by atoms with Gasteiger partial charge >= 0.3 is 0 Å². The van der Waals surface area contributed by atoms with Crippen molar-refractivity contribution in [2.24, 2.45) is 5.92 Å². The van der Waals surface area contributed by atoms with Gasteiger partial charge in [0.1, 0.15) is 23.3 Å². The Bertz CT molecular complexity index is 1360. The molecule has 0 spiro atoms. The van der Waals surface area contributed by atoms with Gasteiger partial charge in [-0.2, -0.15) is 0 Å². The maximum absolute atomic E-state index is 13.2. The normalized spacial score (nSPS) is 17.8. The highest BCUT2D eigenvalue weighted by atomic mass is 19.1. The Labute approximate surface area is 177 Å². The summed E-state index contributed by atoms with van der Waals surface area (Å²) >= 11 is 0. The number of Topliss-reactive ketones (excluding diaryl/α,β-unsaturated/α-hetero) is 1. The molecule has 0 aromatic carbocycles. The number of carbonyl (C=O) groups is 2. The second kappa shape index (κ2) is 7.23. The molecule has 1 fully saturated rings. The van der Waals surface area contributed by atoms with E-state index < -0.39 is 12.1 Å². The molecule has 8 heteroatoms. The van der Waals surface area contributed by atoms with Crippen LogP contribution in [0.25, 0.3) is 27.7 Å². The zero-order valence-electron chi connectivity index (χ0n) is 17.1. The molecule has 7 nitrogen and oxygen atoms in total. The first kappa shape index (κ1) is 19.3. The highest BCUT2D eigenvalue weighted by Gasteiger charge is 2.43. The lowest BCUT2D eigenvalue weighted by Crippen LogP contribution is -2.16. The Kier molecular flexibility index (Phi) is 4.50. The van der Waals surface area contributed by atoms with Crippen LogP contribution in [-0.4, -0.2) is 37.2 Å². The summed E-state index contributed by atoms with van der Waals surface area (Å²) in [5, 5.41) is 3.54. The molecule has 0 unspecified atom stereocenters. The number of hydrogen-bond donors (Lipinski definition) is 1. The van der Waals surface area contributed by atoms with Crippen molar-refractivity contribution in [2.75, 3.05) is 5.32 Å². The average molecular weight is 417 g/mol. The van der Waals surface area contributed by atoms with Crippen LogP contribution < -0.4 is 5.32 Å². The largest absolute Gasteiger partial charge is 0.310 e. The summed E-state index contributed by atoms with van der Waals surface area (Å²) in [7, 11) is 0. The standard InChI is InChI=1S/C23H20FN5O2/c1-3-20(30)18-6-12(2)16(11-26-18)14-7-13-10-27-21(28-23(31)15-8-17(15)24)9-19(13)29-5-4-25-22(14)29/h4-7,9-11,15,17H,3,8H2,1-2H3,(H,27,28,31)/t15-,17+/m1/s1. The second-order valence-corrected chi connectivity index (χ2v) is 7.82. The Morgan fingerprint density at radius 3 is 2.68 bits per heavy atom. The van der Waals surface area contributed by atoms with Crippen molar-refractivity contribution >= 4 is 34.1 Å². The van der Waals surface area contributed by atoms with E-state index >= 15 is 0 Å². The van der Waals surface area contributed by atoms with Crippen LogP contribution in [0.15, 0.2) is 43.0 Å². The number of nitrogens with zero attached hydrogens (tertiary/aromatic N) is 4. The number of hydrogen-bond acceptors (Lipinski definition) is 5. The van der Waals surface area contributed by atoms with E-state index in [1.54, 1.807) is 30.7 Å². The first-order chi connectivity index (χ1) is 15.0. The number of fused-ring (bicyclic) bond motifs is 3. The first-order valence-electron chi connectivity index (χ1n) is 10.2.